The summed E-state index contributed by atoms with van der Waals surface area (Å²) in [6, 6.07) is 7.06. The second kappa shape index (κ2) is 5.35. The van der Waals surface area contributed by atoms with E-state index in [0.29, 0.717) is 5.69 Å². The molecule has 0 unspecified atom stereocenters. The summed E-state index contributed by atoms with van der Waals surface area (Å²) in [6.45, 7) is 0. The molecule has 1 aromatic heterocycles. The van der Waals surface area contributed by atoms with E-state index in [-0.39, 0.29) is 16.9 Å². The Balaban J connectivity index is 2.55. The summed E-state index contributed by atoms with van der Waals surface area (Å²) in [5.41, 5.74) is 0.692. The van der Waals surface area contributed by atoms with Gasteiger partial charge in [0.2, 0.25) is 0 Å². The topological polar surface area (TPSA) is 96.6 Å². The first kappa shape index (κ1) is 13.5. The number of carboxylic acids is 1. The largest absolute Gasteiger partial charge is 0.478 e. The van der Waals surface area contributed by atoms with Gasteiger partial charge in [-0.05, 0) is 18.2 Å². The molecule has 0 aliphatic rings. The maximum atomic E-state index is 11.2. The third kappa shape index (κ3) is 2.56. The molecule has 1 heterocycles. The molecule has 0 fully saturated rings. The lowest BCUT2D eigenvalue weighted by molar-refractivity contribution is -0.384. The molecule has 7 nitrogen and oxygen atoms in total. The van der Waals surface area contributed by atoms with Crippen molar-refractivity contribution in [2.75, 3.05) is 11.9 Å². The van der Waals surface area contributed by atoms with E-state index < -0.39 is 10.9 Å². The summed E-state index contributed by atoms with van der Waals surface area (Å²) in [6.07, 6.45) is 3.13. The van der Waals surface area contributed by atoms with Gasteiger partial charge in [0.25, 0.3) is 5.69 Å². The summed E-state index contributed by atoms with van der Waals surface area (Å²) >= 11 is 0. The van der Waals surface area contributed by atoms with Crippen LogP contribution in [0, 0.1) is 10.1 Å². The molecule has 1 aromatic carbocycles. The van der Waals surface area contributed by atoms with Gasteiger partial charge < -0.3 is 10.0 Å². The van der Waals surface area contributed by atoms with Crippen molar-refractivity contribution in [3.05, 3.63) is 58.4 Å². The van der Waals surface area contributed by atoms with Crippen molar-refractivity contribution in [2.24, 2.45) is 0 Å². The van der Waals surface area contributed by atoms with Crippen molar-refractivity contribution in [1.82, 2.24) is 4.98 Å². The van der Waals surface area contributed by atoms with Crippen molar-refractivity contribution in [2.45, 2.75) is 0 Å². The van der Waals surface area contributed by atoms with Crippen LogP contribution in [0.5, 0.6) is 0 Å². The molecule has 0 bridgehead atoms. The van der Waals surface area contributed by atoms with Crippen LogP contribution in [0.25, 0.3) is 0 Å². The van der Waals surface area contributed by atoms with Crippen molar-refractivity contribution in [3.8, 4) is 0 Å². The number of hydrogen-bond acceptors (Lipinski definition) is 5. The zero-order chi connectivity index (χ0) is 14.7. The minimum absolute atomic E-state index is 0.0121. The molecule has 0 aliphatic carbocycles. The van der Waals surface area contributed by atoms with Crippen molar-refractivity contribution in [3.63, 3.8) is 0 Å². The number of rotatable bonds is 4. The van der Waals surface area contributed by atoms with E-state index in [0.717, 1.165) is 0 Å². The highest BCUT2D eigenvalue weighted by Crippen LogP contribution is 2.30. The first-order valence-corrected chi connectivity index (χ1v) is 5.66. The fourth-order valence-corrected chi connectivity index (χ4v) is 1.78. The quantitative estimate of drug-likeness (QED) is 0.678. The lowest BCUT2D eigenvalue weighted by Gasteiger charge is -2.20. The van der Waals surface area contributed by atoms with Gasteiger partial charge in [0, 0.05) is 25.4 Å². The first-order chi connectivity index (χ1) is 9.50. The molecule has 102 valence electrons. The van der Waals surface area contributed by atoms with Gasteiger partial charge in [0.15, 0.2) is 0 Å². The summed E-state index contributed by atoms with van der Waals surface area (Å²) in [7, 11) is 1.63. The van der Waals surface area contributed by atoms with E-state index in [1.807, 2.05) is 0 Å². The second-order valence-corrected chi connectivity index (χ2v) is 4.03. The average molecular weight is 273 g/mol. The minimum atomic E-state index is -1.15. The molecule has 2 rings (SSSR count). The third-order valence-corrected chi connectivity index (χ3v) is 2.82. The van der Waals surface area contributed by atoms with Crippen LogP contribution >= 0.6 is 0 Å². The fraction of sp³-hybridized carbons (Fsp3) is 0.0769. The van der Waals surface area contributed by atoms with Crippen LogP contribution < -0.4 is 4.90 Å². The van der Waals surface area contributed by atoms with Gasteiger partial charge in [0.05, 0.1) is 28.1 Å². The average Bonchev–Trinajstić information content (AvgIpc) is 2.46. The number of aromatic nitrogens is 1. The highest BCUT2D eigenvalue weighted by Gasteiger charge is 2.19. The van der Waals surface area contributed by atoms with E-state index in [2.05, 4.69) is 4.98 Å². The number of pyridine rings is 1. The van der Waals surface area contributed by atoms with Crippen molar-refractivity contribution in [1.29, 1.82) is 0 Å². The van der Waals surface area contributed by atoms with E-state index in [4.69, 9.17) is 0 Å². The highest BCUT2D eigenvalue weighted by atomic mass is 16.6. The molecule has 0 amide bonds. The number of nitro groups is 1. The van der Waals surface area contributed by atoms with Gasteiger partial charge in [-0.3, -0.25) is 15.1 Å². The Bertz CT molecular complexity index is 658. The number of hydrogen-bond donors (Lipinski definition) is 1. The van der Waals surface area contributed by atoms with Crippen LogP contribution in [0.4, 0.5) is 17.1 Å². The second-order valence-electron chi connectivity index (χ2n) is 4.03. The molecule has 20 heavy (non-hydrogen) atoms. The number of carbonyl (C=O) groups is 1. The van der Waals surface area contributed by atoms with E-state index in [1.165, 1.54) is 18.2 Å². The number of nitro benzene ring substituents is 1. The number of benzene rings is 1. The predicted octanol–water partition coefficient (Wildman–Crippen LogP) is 2.46. The van der Waals surface area contributed by atoms with Crippen LogP contribution in [0.1, 0.15) is 10.4 Å². The molecule has 0 radical (unpaired) electrons. The lowest BCUT2D eigenvalue weighted by Crippen LogP contribution is -2.14. The SMILES string of the molecule is CN(c1cccnc1)c1cc([N+](=O)[O-])ccc1C(=O)O. The summed E-state index contributed by atoms with van der Waals surface area (Å²) < 4.78 is 0. The molecule has 0 saturated carbocycles. The van der Waals surface area contributed by atoms with Crippen LogP contribution in [0.15, 0.2) is 42.7 Å². The Morgan fingerprint density at radius 1 is 1.40 bits per heavy atom. The Morgan fingerprint density at radius 2 is 2.15 bits per heavy atom. The molecule has 1 N–H and O–H groups in total. The van der Waals surface area contributed by atoms with Crippen LogP contribution in [-0.2, 0) is 0 Å². The number of nitrogens with zero attached hydrogens (tertiary/aromatic N) is 3. The first-order valence-electron chi connectivity index (χ1n) is 5.66. The fourth-order valence-electron chi connectivity index (χ4n) is 1.78. The number of non-ortho nitro benzene ring substituents is 1. The van der Waals surface area contributed by atoms with E-state index in [1.54, 1.807) is 36.5 Å². The van der Waals surface area contributed by atoms with Gasteiger partial charge >= 0.3 is 5.97 Å². The zero-order valence-electron chi connectivity index (χ0n) is 10.6. The summed E-state index contributed by atoms with van der Waals surface area (Å²) in [5.74, 6) is -1.15. The number of aromatic carboxylic acids is 1. The molecule has 7 heteroatoms. The number of anilines is 2. The van der Waals surface area contributed by atoms with E-state index >= 15 is 0 Å². The maximum absolute atomic E-state index is 11.2. The summed E-state index contributed by atoms with van der Waals surface area (Å²) in [5, 5.41) is 20.0. The van der Waals surface area contributed by atoms with Gasteiger partial charge in [-0.15, -0.1) is 0 Å². The predicted molar refractivity (Wildman–Crippen MR) is 72.4 cm³/mol. The molecule has 0 spiro atoms. The van der Waals surface area contributed by atoms with Crippen molar-refractivity contribution >= 4 is 23.0 Å². The standard InChI is InChI=1S/C13H11N3O4/c1-15(10-3-2-6-14-8-10)12-7-9(16(19)20)4-5-11(12)13(17)18/h2-8H,1H3,(H,17,18). The number of carboxylic acid groups (broad SMARTS) is 1. The summed E-state index contributed by atoms with van der Waals surface area (Å²) in [4.78, 5) is 27.0. The monoisotopic (exact) mass is 273 g/mol. The highest BCUT2D eigenvalue weighted by molar-refractivity contribution is 5.96. The van der Waals surface area contributed by atoms with Crippen LogP contribution in [0.2, 0.25) is 0 Å². The lowest BCUT2D eigenvalue weighted by atomic mass is 10.1. The smallest absolute Gasteiger partial charge is 0.337 e. The molecule has 0 atom stereocenters. The Morgan fingerprint density at radius 3 is 2.70 bits per heavy atom. The van der Waals surface area contributed by atoms with Gasteiger partial charge in [-0.2, -0.15) is 0 Å². The Kier molecular flexibility index (Phi) is 3.60. The van der Waals surface area contributed by atoms with Gasteiger partial charge in [0.1, 0.15) is 0 Å². The zero-order valence-corrected chi connectivity index (χ0v) is 10.6. The van der Waals surface area contributed by atoms with E-state index in [9.17, 15) is 20.0 Å². The molecule has 2 aromatic rings. The molecular formula is C13H11N3O4. The van der Waals surface area contributed by atoms with Gasteiger partial charge in [-0.25, -0.2) is 4.79 Å². The maximum Gasteiger partial charge on any atom is 0.337 e. The Labute approximate surface area is 114 Å². The van der Waals surface area contributed by atoms with Crippen LogP contribution in [-0.4, -0.2) is 28.0 Å². The molecule has 0 aliphatic heterocycles. The third-order valence-electron chi connectivity index (χ3n) is 2.82. The normalized spacial score (nSPS) is 10.1. The molecule has 0 saturated heterocycles. The van der Waals surface area contributed by atoms with Gasteiger partial charge in [-0.1, -0.05) is 0 Å². The van der Waals surface area contributed by atoms with Crippen molar-refractivity contribution < 1.29 is 14.8 Å². The Hall–Kier alpha value is -2.96. The van der Waals surface area contributed by atoms with Crippen LogP contribution in [0.3, 0.4) is 0 Å². The minimum Gasteiger partial charge on any atom is -0.478 e. The molecular weight excluding hydrogens is 262 g/mol.